The van der Waals surface area contributed by atoms with E-state index < -0.39 is 12.1 Å². The summed E-state index contributed by atoms with van der Waals surface area (Å²) in [7, 11) is 0. The molecule has 0 aliphatic rings. The monoisotopic (exact) mass is 317 g/mol. The van der Waals surface area contributed by atoms with Gasteiger partial charge in [0.2, 0.25) is 0 Å². The van der Waals surface area contributed by atoms with Gasteiger partial charge < -0.3 is 27.1 Å². The number of aliphatic hydroxyl groups excluding tert-OH is 1. The number of quaternary nitrogens is 1. The molecule has 21 heavy (non-hydrogen) atoms. The van der Waals surface area contributed by atoms with Crippen molar-refractivity contribution in [2.45, 2.75) is 40.3 Å². The molecular weight excluding hydrogens is 290 g/mol. The third-order valence-corrected chi connectivity index (χ3v) is 3.73. The van der Waals surface area contributed by atoms with E-state index in [0.717, 1.165) is 0 Å². The molecule has 0 bridgehead atoms. The number of nitrogens with zero attached hydrogens (tertiary/aromatic N) is 1. The number of halogens is 1. The van der Waals surface area contributed by atoms with Crippen molar-refractivity contribution in [3.05, 3.63) is 35.9 Å². The van der Waals surface area contributed by atoms with Crippen LogP contribution in [0.2, 0.25) is 0 Å². The number of carboxylic acids is 1. The lowest BCUT2D eigenvalue weighted by Gasteiger charge is -2.35. The third-order valence-electron chi connectivity index (χ3n) is 3.73. The Morgan fingerprint density at radius 2 is 1.48 bits per heavy atom. The first-order chi connectivity index (χ1) is 9.40. The van der Waals surface area contributed by atoms with Crippen LogP contribution in [0, 0.1) is 0 Å². The van der Waals surface area contributed by atoms with E-state index in [1.807, 2.05) is 0 Å². The molecule has 0 aliphatic heterocycles. The van der Waals surface area contributed by atoms with Gasteiger partial charge in [-0.2, -0.15) is 0 Å². The number of benzene rings is 1. The fourth-order valence-corrected chi connectivity index (χ4v) is 1.98. The molecule has 4 nitrogen and oxygen atoms in total. The Morgan fingerprint density at radius 3 is 1.76 bits per heavy atom. The van der Waals surface area contributed by atoms with Gasteiger partial charge in [0.15, 0.2) is 0 Å². The minimum absolute atomic E-state index is 0. The number of aliphatic carboxylic acids is 1. The summed E-state index contributed by atoms with van der Waals surface area (Å²) in [6, 6.07) is 10.8. The molecule has 1 rings (SSSR count). The number of rotatable bonds is 6. The van der Waals surface area contributed by atoms with Gasteiger partial charge in [-0.15, -0.1) is 0 Å². The highest BCUT2D eigenvalue weighted by Crippen LogP contribution is 2.13. The van der Waals surface area contributed by atoms with Crippen LogP contribution in [0.4, 0.5) is 0 Å². The summed E-state index contributed by atoms with van der Waals surface area (Å²) in [5.41, 5.74) is 1.46. The Labute approximate surface area is 134 Å². The van der Waals surface area contributed by atoms with Crippen LogP contribution in [0.25, 0.3) is 0 Å². The summed E-state index contributed by atoms with van der Waals surface area (Å²) in [6.45, 7) is 12.9. The van der Waals surface area contributed by atoms with E-state index in [1.165, 1.54) is 43.1 Å². The number of hydrogen-bond donors (Lipinski definition) is 2. The molecule has 0 spiro atoms. The molecule has 1 aromatic rings. The second-order valence-electron chi connectivity index (χ2n) is 4.95. The topological polar surface area (TPSA) is 57.5 Å². The predicted molar refractivity (Wildman–Crippen MR) is 81.3 cm³/mol. The molecule has 2 N–H and O–H groups in total. The lowest BCUT2D eigenvalue weighted by molar-refractivity contribution is -0.936. The summed E-state index contributed by atoms with van der Waals surface area (Å²) in [4.78, 5) is 9.45. The average molecular weight is 318 g/mol. The first-order valence-corrected chi connectivity index (χ1v) is 7.20. The molecule has 0 saturated heterocycles. The molecule has 0 aromatic heterocycles. The van der Waals surface area contributed by atoms with E-state index in [0.29, 0.717) is 0 Å². The zero-order chi connectivity index (χ0) is 15.6. The van der Waals surface area contributed by atoms with E-state index in [-0.39, 0.29) is 12.4 Å². The van der Waals surface area contributed by atoms with Gasteiger partial charge in [0.1, 0.15) is 12.6 Å². The maximum absolute atomic E-state index is 9.45. The SMILES string of the molecule is CC(O)C(=O)O.CC[N+](CC)(CC)Cc1ccccc1.[Cl-]. The molecule has 0 heterocycles. The first kappa shape index (κ1) is 22.2. The van der Waals surface area contributed by atoms with Gasteiger partial charge in [0.05, 0.1) is 19.6 Å². The Balaban J connectivity index is 0. The highest BCUT2D eigenvalue weighted by molar-refractivity contribution is 5.71. The van der Waals surface area contributed by atoms with E-state index >= 15 is 0 Å². The Bertz CT molecular complexity index is 370. The molecule has 0 fully saturated rings. The summed E-state index contributed by atoms with van der Waals surface area (Å²) < 4.78 is 1.20. The van der Waals surface area contributed by atoms with Crippen molar-refractivity contribution >= 4 is 5.97 Å². The average Bonchev–Trinajstić information content (AvgIpc) is 2.46. The van der Waals surface area contributed by atoms with Crippen molar-refractivity contribution in [3.63, 3.8) is 0 Å². The van der Waals surface area contributed by atoms with Gasteiger partial charge in [-0.05, 0) is 27.7 Å². The Morgan fingerprint density at radius 1 is 1.10 bits per heavy atom. The van der Waals surface area contributed by atoms with Crippen LogP contribution in [0.1, 0.15) is 33.3 Å². The molecule has 1 unspecified atom stereocenters. The molecule has 0 amide bonds. The normalized spacial score (nSPS) is 11.7. The van der Waals surface area contributed by atoms with Crippen LogP contribution < -0.4 is 12.4 Å². The van der Waals surface area contributed by atoms with Gasteiger partial charge in [0, 0.05) is 5.56 Å². The van der Waals surface area contributed by atoms with Crippen molar-refractivity contribution in [3.8, 4) is 0 Å². The summed E-state index contributed by atoms with van der Waals surface area (Å²) in [5.74, 6) is -1.19. The fourth-order valence-electron chi connectivity index (χ4n) is 1.98. The van der Waals surface area contributed by atoms with E-state index in [1.54, 1.807) is 0 Å². The van der Waals surface area contributed by atoms with Gasteiger partial charge in [-0.1, -0.05) is 30.3 Å². The van der Waals surface area contributed by atoms with Crippen LogP contribution in [0.15, 0.2) is 30.3 Å². The third kappa shape index (κ3) is 8.71. The largest absolute Gasteiger partial charge is 1.00 e. The van der Waals surface area contributed by atoms with Crippen molar-refractivity contribution in [2.24, 2.45) is 0 Å². The van der Waals surface area contributed by atoms with Crippen LogP contribution in [-0.2, 0) is 11.3 Å². The number of aliphatic hydroxyl groups is 1. The molecule has 0 aliphatic carbocycles. The fraction of sp³-hybridized carbons (Fsp3) is 0.562. The zero-order valence-electron chi connectivity index (χ0n) is 13.4. The van der Waals surface area contributed by atoms with E-state index in [2.05, 4.69) is 51.1 Å². The maximum Gasteiger partial charge on any atom is 0.332 e. The van der Waals surface area contributed by atoms with Crippen molar-refractivity contribution < 1.29 is 31.9 Å². The van der Waals surface area contributed by atoms with Crippen LogP contribution >= 0.6 is 0 Å². The molecular formula is C16H28ClNO3. The zero-order valence-corrected chi connectivity index (χ0v) is 14.2. The van der Waals surface area contributed by atoms with Gasteiger partial charge in [-0.25, -0.2) is 4.79 Å². The molecule has 1 atom stereocenters. The maximum atomic E-state index is 9.45. The molecule has 0 saturated carbocycles. The highest BCUT2D eigenvalue weighted by atomic mass is 35.5. The summed E-state index contributed by atoms with van der Waals surface area (Å²) in [6.07, 6.45) is -1.23. The first-order valence-electron chi connectivity index (χ1n) is 7.20. The van der Waals surface area contributed by atoms with Crippen molar-refractivity contribution in [1.29, 1.82) is 0 Å². The minimum Gasteiger partial charge on any atom is -1.00 e. The van der Waals surface area contributed by atoms with Gasteiger partial charge in [0.25, 0.3) is 0 Å². The lowest BCUT2D eigenvalue weighted by atomic mass is 10.2. The predicted octanol–water partition coefficient (Wildman–Crippen LogP) is -0.481. The van der Waals surface area contributed by atoms with E-state index in [4.69, 9.17) is 10.2 Å². The number of hydrogen-bond acceptors (Lipinski definition) is 2. The van der Waals surface area contributed by atoms with Crippen LogP contribution in [0.5, 0.6) is 0 Å². The van der Waals surface area contributed by atoms with Gasteiger partial charge in [-0.3, -0.25) is 0 Å². The van der Waals surface area contributed by atoms with Crippen LogP contribution in [-0.4, -0.2) is 46.4 Å². The number of carbonyl (C=O) groups is 1. The highest BCUT2D eigenvalue weighted by Gasteiger charge is 2.20. The molecule has 0 radical (unpaired) electrons. The van der Waals surface area contributed by atoms with Crippen molar-refractivity contribution in [1.82, 2.24) is 0 Å². The van der Waals surface area contributed by atoms with Gasteiger partial charge >= 0.3 is 5.97 Å². The minimum atomic E-state index is -1.23. The Hall–Kier alpha value is -1.10. The van der Waals surface area contributed by atoms with E-state index in [9.17, 15) is 4.79 Å². The van der Waals surface area contributed by atoms with Crippen molar-refractivity contribution in [2.75, 3.05) is 19.6 Å². The lowest BCUT2D eigenvalue weighted by Crippen LogP contribution is -3.00. The molecule has 1 aromatic carbocycles. The Kier molecular flexibility index (Phi) is 12.2. The molecule has 122 valence electrons. The second kappa shape index (κ2) is 11.5. The second-order valence-corrected chi connectivity index (χ2v) is 4.95. The molecule has 5 heteroatoms. The summed E-state index contributed by atoms with van der Waals surface area (Å²) in [5, 5.41) is 15.8. The smallest absolute Gasteiger partial charge is 0.332 e. The summed E-state index contributed by atoms with van der Waals surface area (Å²) >= 11 is 0. The van der Waals surface area contributed by atoms with Crippen LogP contribution in [0.3, 0.4) is 0 Å². The quantitative estimate of drug-likeness (QED) is 0.697. The number of carboxylic acid groups (broad SMARTS) is 1. The standard InChI is InChI=1S/C13H22N.C3H6O3.ClH/c1-4-14(5-2,6-3)12-13-10-8-7-9-11-13;1-2(4)3(5)6;/h7-11H,4-6,12H2,1-3H3;2,4H,1H3,(H,5,6);1H/q+1;;/p-1.